The first-order valence-electron chi connectivity index (χ1n) is 5.60. The van der Waals surface area contributed by atoms with Gasteiger partial charge in [-0.2, -0.15) is 0 Å². The van der Waals surface area contributed by atoms with E-state index < -0.39 is 5.97 Å². The number of carbonyl (C=O) groups excluding carboxylic acids is 1. The first-order chi connectivity index (χ1) is 9.71. The van der Waals surface area contributed by atoms with Gasteiger partial charge in [-0.15, -0.1) is 11.3 Å². The molecule has 0 saturated carbocycles. The predicted octanol–water partition coefficient (Wildman–Crippen LogP) is 3.73. The minimum Gasteiger partial charge on any atom is -0.495 e. The quantitative estimate of drug-likeness (QED) is 0.282. The average Bonchev–Trinajstić information content (AvgIpc) is 2.94. The lowest BCUT2D eigenvalue weighted by molar-refractivity contribution is -0.136. The molecule has 0 saturated heterocycles. The molecule has 2 aromatic rings. The Morgan fingerprint density at radius 1 is 1.40 bits per heavy atom. The largest absolute Gasteiger partial charge is 0.495 e. The molecular formula is C13H11N3O3S. The minimum atomic E-state index is -0.699. The Morgan fingerprint density at radius 3 is 2.85 bits per heavy atom. The summed E-state index contributed by atoms with van der Waals surface area (Å²) in [5.74, 6) is -0.0754. The number of methoxy groups -OCH3 is 2. The zero-order valence-corrected chi connectivity index (χ0v) is 11.7. The molecule has 0 atom stereocenters. The summed E-state index contributed by atoms with van der Waals surface area (Å²) in [6, 6.07) is 5.65. The molecule has 102 valence electrons. The zero-order valence-electron chi connectivity index (χ0n) is 10.9. The van der Waals surface area contributed by atoms with Crippen molar-refractivity contribution in [3.8, 4) is 5.75 Å². The molecule has 0 aliphatic heterocycles. The van der Waals surface area contributed by atoms with Gasteiger partial charge in [-0.25, -0.2) is 4.79 Å². The van der Waals surface area contributed by atoms with Gasteiger partial charge < -0.3 is 9.47 Å². The van der Waals surface area contributed by atoms with Crippen LogP contribution >= 0.6 is 11.3 Å². The van der Waals surface area contributed by atoms with Crippen molar-refractivity contribution < 1.29 is 14.3 Å². The van der Waals surface area contributed by atoms with E-state index in [1.54, 1.807) is 24.5 Å². The molecule has 0 aliphatic rings. The highest BCUT2D eigenvalue weighted by molar-refractivity contribution is 7.17. The van der Waals surface area contributed by atoms with Crippen molar-refractivity contribution in [2.75, 3.05) is 14.2 Å². The van der Waals surface area contributed by atoms with E-state index in [0.717, 1.165) is 10.1 Å². The highest BCUT2D eigenvalue weighted by Crippen LogP contribution is 2.34. The van der Waals surface area contributed by atoms with Crippen molar-refractivity contribution in [3.63, 3.8) is 0 Å². The lowest BCUT2D eigenvalue weighted by Gasteiger charge is -2.07. The number of benzene rings is 1. The van der Waals surface area contributed by atoms with Crippen LogP contribution in [0.2, 0.25) is 0 Å². The van der Waals surface area contributed by atoms with Gasteiger partial charge >= 0.3 is 5.97 Å². The molecule has 1 heterocycles. The number of azide groups is 1. The maximum absolute atomic E-state index is 11.5. The van der Waals surface area contributed by atoms with Crippen molar-refractivity contribution in [2.45, 2.75) is 0 Å². The van der Waals surface area contributed by atoms with E-state index >= 15 is 0 Å². The molecule has 0 fully saturated rings. The van der Waals surface area contributed by atoms with Crippen LogP contribution in [-0.2, 0) is 9.53 Å². The normalized spacial score (nSPS) is 11.0. The maximum Gasteiger partial charge on any atom is 0.340 e. The summed E-state index contributed by atoms with van der Waals surface area (Å²) < 4.78 is 11.0. The molecule has 1 aromatic heterocycles. The Morgan fingerprint density at radius 2 is 2.20 bits per heavy atom. The van der Waals surface area contributed by atoms with Gasteiger partial charge in [0, 0.05) is 20.6 Å². The second-order valence-corrected chi connectivity index (χ2v) is 4.68. The van der Waals surface area contributed by atoms with Gasteiger partial charge in [0.2, 0.25) is 0 Å². The van der Waals surface area contributed by atoms with Crippen LogP contribution < -0.4 is 4.74 Å². The van der Waals surface area contributed by atoms with Gasteiger partial charge in [0.1, 0.15) is 11.4 Å². The number of hydrogen-bond acceptors (Lipinski definition) is 5. The molecule has 0 radical (unpaired) electrons. The highest BCUT2D eigenvalue weighted by atomic mass is 32.1. The van der Waals surface area contributed by atoms with Crippen molar-refractivity contribution in [3.05, 3.63) is 45.3 Å². The third-order valence-corrected chi connectivity index (χ3v) is 3.54. The number of rotatable bonds is 4. The monoisotopic (exact) mass is 289 g/mol. The molecule has 0 unspecified atom stereocenters. The van der Waals surface area contributed by atoms with Gasteiger partial charge in [-0.05, 0) is 35.2 Å². The molecule has 7 heteroatoms. The Balaban J connectivity index is 2.61. The Bertz CT molecular complexity index is 730. The third-order valence-electron chi connectivity index (χ3n) is 2.66. The van der Waals surface area contributed by atoms with E-state index in [-0.39, 0.29) is 5.70 Å². The molecule has 2 rings (SSSR count). The standard InChI is InChI=1S/C13H11N3O3S/c1-18-12-8(3-4-11-9(12)5-6-20-11)7-10(15-16-14)13(17)19-2/h3-7H,1-2H3/b10-7-. The summed E-state index contributed by atoms with van der Waals surface area (Å²) >= 11 is 1.59. The number of ether oxygens (including phenoxy) is 2. The van der Waals surface area contributed by atoms with Crippen molar-refractivity contribution in [1.29, 1.82) is 0 Å². The molecule has 1 aromatic carbocycles. The van der Waals surface area contributed by atoms with Crippen LogP contribution in [0.5, 0.6) is 5.75 Å². The number of thiophene rings is 1. The zero-order chi connectivity index (χ0) is 14.5. The summed E-state index contributed by atoms with van der Waals surface area (Å²) in [6.07, 6.45) is 1.45. The van der Waals surface area contributed by atoms with Crippen LogP contribution in [0.4, 0.5) is 0 Å². The fourth-order valence-corrected chi connectivity index (χ4v) is 2.59. The van der Waals surface area contributed by atoms with Crippen LogP contribution in [0.15, 0.2) is 34.4 Å². The average molecular weight is 289 g/mol. The van der Waals surface area contributed by atoms with Crippen LogP contribution in [-0.4, -0.2) is 20.2 Å². The maximum atomic E-state index is 11.5. The number of fused-ring (bicyclic) bond motifs is 1. The van der Waals surface area contributed by atoms with Crippen LogP contribution in [0.3, 0.4) is 0 Å². The molecule has 0 N–H and O–H groups in total. The molecular weight excluding hydrogens is 278 g/mol. The molecule has 0 amide bonds. The van der Waals surface area contributed by atoms with Gasteiger partial charge in [0.25, 0.3) is 0 Å². The minimum absolute atomic E-state index is 0.122. The van der Waals surface area contributed by atoms with E-state index in [1.165, 1.54) is 13.2 Å². The van der Waals surface area contributed by atoms with E-state index in [1.807, 2.05) is 17.5 Å². The van der Waals surface area contributed by atoms with Gasteiger partial charge in [0.15, 0.2) is 0 Å². The van der Waals surface area contributed by atoms with Crippen LogP contribution in [0, 0.1) is 0 Å². The summed E-state index contributed by atoms with van der Waals surface area (Å²) in [7, 11) is 2.78. The summed E-state index contributed by atoms with van der Waals surface area (Å²) in [4.78, 5) is 14.2. The summed E-state index contributed by atoms with van der Waals surface area (Å²) in [6.45, 7) is 0. The van der Waals surface area contributed by atoms with Crippen LogP contribution in [0.1, 0.15) is 5.56 Å². The first-order valence-corrected chi connectivity index (χ1v) is 6.48. The molecule has 0 bridgehead atoms. The van der Waals surface area contributed by atoms with Crippen molar-refractivity contribution >= 4 is 33.5 Å². The second-order valence-electron chi connectivity index (χ2n) is 3.73. The topological polar surface area (TPSA) is 84.3 Å². The lowest BCUT2D eigenvalue weighted by atomic mass is 10.1. The Hall–Kier alpha value is -2.50. The fraction of sp³-hybridized carbons (Fsp3) is 0.154. The van der Waals surface area contributed by atoms with Gasteiger partial charge in [-0.1, -0.05) is 5.11 Å². The fourth-order valence-electron chi connectivity index (χ4n) is 1.80. The van der Waals surface area contributed by atoms with E-state index in [9.17, 15) is 4.79 Å². The number of hydrogen-bond donors (Lipinski definition) is 0. The van der Waals surface area contributed by atoms with Gasteiger partial charge in [0.05, 0.1) is 14.2 Å². The van der Waals surface area contributed by atoms with Crippen molar-refractivity contribution in [1.82, 2.24) is 0 Å². The van der Waals surface area contributed by atoms with E-state index in [4.69, 9.17) is 10.3 Å². The van der Waals surface area contributed by atoms with E-state index in [2.05, 4.69) is 14.8 Å². The highest BCUT2D eigenvalue weighted by Gasteiger charge is 2.12. The number of esters is 1. The Kier molecular flexibility index (Phi) is 4.24. The molecule has 20 heavy (non-hydrogen) atoms. The van der Waals surface area contributed by atoms with Crippen molar-refractivity contribution in [2.24, 2.45) is 5.11 Å². The lowest BCUT2D eigenvalue weighted by Crippen LogP contribution is -2.02. The molecule has 6 nitrogen and oxygen atoms in total. The van der Waals surface area contributed by atoms with Gasteiger partial charge in [-0.3, -0.25) is 0 Å². The van der Waals surface area contributed by atoms with E-state index in [0.29, 0.717) is 11.3 Å². The molecule has 0 aliphatic carbocycles. The smallest absolute Gasteiger partial charge is 0.340 e. The van der Waals surface area contributed by atoms with Crippen LogP contribution in [0.25, 0.3) is 26.6 Å². The number of carbonyl (C=O) groups is 1. The first kappa shape index (κ1) is 13.9. The number of nitrogens with zero attached hydrogens (tertiary/aromatic N) is 3. The summed E-state index contributed by atoms with van der Waals surface area (Å²) in [5.41, 5.74) is 9.03. The third kappa shape index (κ3) is 2.59. The SMILES string of the molecule is COC(=O)/C(=C/c1ccc2sccc2c1OC)N=[N+]=[N-]. The predicted molar refractivity (Wildman–Crippen MR) is 77.5 cm³/mol. The Labute approximate surface area is 118 Å². The second kappa shape index (κ2) is 6.10. The summed E-state index contributed by atoms with van der Waals surface area (Å²) in [5, 5.41) is 6.24. The molecule has 0 spiro atoms.